The molecular formula is C89H102Cl4Zr2-4. The molecule has 0 N–H and O–H groups in total. The molecule has 4 aliphatic rings. The summed E-state index contributed by atoms with van der Waals surface area (Å²) < 4.78 is 10.1. The number of benzene rings is 8. The van der Waals surface area contributed by atoms with Crippen LogP contribution in [-0.2, 0) is 77.0 Å². The Morgan fingerprint density at radius 3 is 0.979 bits per heavy atom. The number of halogens is 4. The fourth-order valence-corrected chi connectivity index (χ4v) is 33.7. The first-order valence-corrected chi connectivity index (χ1v) is 41.4. The summed E-state index contributed by atoms with van der Waals surface area (Å²) in [6, 6.07) is 70.1. The summed E-state index contributed by atoms with van der Waals surface area (Å²) in [6.07, 6.45) is 13.7. The van der Waals surface area contributed by atoms with E-state index in [-0.39, 0.29) is 82.1 Å². The van der Waals surface area contributed by atoms with Gasteiger partial charge in [0.25, 0.3) is 0 Å². The normalized spacial score (nSPS) is 15.5. The summed E-state index contributed by atoms with van der Waals surface area (Å²) in [5.41, 5.74) is 27.1. The predicted molar refractivity (Wildman–Crippen MR) is 390 cm³/mol. The minimum absolute atomic E-state index is 0. The van der Waals surface area contributed by atoms with Crippen molar-refractivity contribution >= 4 is 13.0 Å². The molecule has 2 unspecified atom stereocenters. The van der Waals surface area contributed by atoms with Gasteiger partial charge in [-0.15, -0.1) is 0 Å². The molecule has 0 aliphatic heterocycles. The Hall–Kier alpha value is -4.61. The third-order valence-electron chi connectivity index (χ3n) is 19.8. The van der Waals surface area contributed by atoms with E-state index in [0.29, 0.717) is 11.8 Å². The molecule has 0 spiro atoms. The summed E-state index contributed by atoms with van der Waals surface area (Å²) >= 11 is -5.83. The molecule has 2 atom stereocenters. The molecule has 0 fully saturated rings. The molecule has 0 amide bonds. The number of hydrogen-bond acceptors (Lipinski definition) is 0. The Labute approximate surface area is 614 Å². The van der Waals surface area contributed by atoms with Crippen LogP contribution in [0.25, 0.3) is 22.3 Å². The zero-order valence-corrected chi connectivity index (χ0v) is 68.4. The van der Waals surface area contributed by atoms with E-state index >= 15 is 0 Å². The van der Waals surface area contributed by atoms with Gasteiger partial charge in [0.1, 0.15) is 0 Å². The van der Waals surface area contributed by atoms with Gasteiger partial charge in [0.05, 0.1) is 0 Å². The van der Waals surface area contributed by atoms with Crippen molar-refractivity contribution in [3.05, 3.63) is 291 Å². The van der Waals surface area contributed by atoms with Crippen LogP contribution < -0.4 is 56.2 Å². The van der Waals surface area contributed by atoms with Gasteiger partial charge >= 0.3 is 571 Å². The van der Waals surface area contributed by atoms with Crippen molar-refractivity contribution < 1.29 is 92.2 Å². The Morgan fingerprint density at radius 2 is 0.674 bits per heavy atom. The quantitative estimate of drug-likeness (QED) is 0.135. The first-order valence-electron chi connectivity index (χ1n) is 34.0. The first-order chi connectivity index (χ1) is 42.8. The molecule has 8 aromatic carbocycles. The van der Waals surface area contributed by atoms with E-state index in [0.717, 1.165) is 19.3 Å². The van der Waals surface area contributed by atoms with Crippen molar-refractivity contribution in [3.8, 4) is 22.3 Å². The van der Waals surface area contributed by atoms with Crippen LogP contribution >= 0.6 is 0 Å². The van der Waals surface area contributed by atoms with E-state index < -0.39 is 42.5 Å². The Bertz CT molecular complexity index is 4200. The van der Waals surface area contributed by atoms with Gasteiger partial charge in [0.2, 0.25) is 0 Å². The number of allylic oxidation sites excluding steroid dienone is 8. The number of fused-ring (bicyclic) bond motifs is 6. The largest absolute Gasteiger partial charge is 1.00 e. The minimum Gasteiger partial charge on any atom is -1.00 e. The topological polar surface area (TPSA) is 0 Å². The molecule has 95 heavy (non-hydrogen) atoms. The van der Waals surface area contributed by atoms with E-state index in [2.05, 4.69) is 345 Å². The molecule has 4 aliphatic carbocycles. The van der Waals surface area contributed by atoms with Crippen molar-refractivity contribution in [2.45, 2.75) is 179 Å². The summed E-state index contributed by atoms with van der Waals surface area (Å²) in [7, 11) is 0. The van der Waals surface area contributed by atoms with Crippen LogP contribution in [0.4, 0.5) is 0 Å². The van der Waals surface area contributed by atoms with Gasteiger partial charge in [-0.25, -0.2) is 0 Å². The monoisotopic (exact) mass is 1490 g/mol. The molecule has 8 aromatic rings. The van der Waals surface area contributed by atoms with Gasteiger partial charge in [-0.3, -0.25) is 0 Å². The maximum atomic E-state index is 2.68. The summed E-state index contributed by atoms with van der Waals surface area (Å²) in [4.78, 5) is 0. The van der Waals surface area contributed by atoms with E-state index in [1.54, 1.807) is 41.8 Å². The molecule has 0 aromatic heterocycles. The van der Waals surface area contributed by atoms with Crippen molar-refractivity contribution in [3.63, 3.8) is 0 Å². The molecular weight excluding hydrogens is 1390 g/mol. The van der Waals surface area contributed by atoms with Crippen LogP contribution in [0.15, 0.2) is 224 Å². The van der Waals surface area contributed by atoms with Gasteiger partial charge in [-0.05, 0) is 0 Å². The average molecular weight is 1500 g/mol. The van der Waals surface area contributed by atoms with Gasteiger partial charge < -0.3 is 49.6 Å². The fraction of sp³-hybridized carbons (Fsp3) is 0.348. The summed E-state index contributed by atoms with van der Waals surface area (Å²) in [5, 5.41) is 0. The molecule has 0 bridgehead atoms. The molecule has 0 heterocycles. The van der Waals surface area contributed by atoms with Gasteiger partial charge in [-0.2, -0.15) is 0 Å². The summed E-state index contributed by atoms with van der Waals surface area (Å²) in [5.74, 6) is 0.905. The summed E-state index contributed by atoms with van der Waals surface area (Å²) in [6.45, 7) is 47.7. The van der Waals surface area contributed by atoms with Crippen LogP contribution in [0.3, 0.4) is 0 Å². The van der Waals surface area contributed by atoms with Crippen LogP contribution in [0, 0.1) is 22.7 Å². The first kappa shape index (κ1) is 77.7. The Kier molecular flexibility index (Phi) is 24.6. The number of rotatable bonds is 9. The predicted octanol–water partition coefficient (Wildman–Crippen LogP) is 10.1. The molecule has 6 heteroatoms. The van der Waals surface area contributed by atoms with Crippen molar-refractivity contribution in [2.24, 2.45) is 22.7 Å². The maximum absolute atomic E-state index is 2.93. The van der Waals surface area contributed by atoms with Crippen LogP contribution in [0.1, 0.15) is 212 Å². The Morgan fingerprint density at radius 1 is 0.358 bits per heavy atom. The van der Waals surface area contributed by atoms with Crippen molar-refractivity contribution in [1.29, 1.82) is 0 Å². The van der Waals surface area contributed by atoms with Gasteiger partial charge in [-0.1, -0.05) is 0 Å². The zero-order valence-electron chi connectivity index (χ0n) is 60.4. The van der Waals surface area contributed by atoms with E-state index in [9.17, 15) is 0 Å². The smallest absolute Gasteiger partial charge is 1.00 e. The second-order valence-corrected chi connectivity index (χ2v) is 44.3. The second-order valence-electron chi connectivity index (χ2n) is 32.8. The fourth-order valence-electron chi connectivity index (χ4n) is 14.6. The zero-order chi connectivity index (χ0) is 65.3. The molecule has 0 saturated carbocycles. The van der Waals surface area contributed by atoms with E-state index in [1.165, 1.54) is 77.9 Å². The SMILES string of the molecule is CC1C=C(C(C)(C)C)C=[C]1[Zr](=[C](c1ccccc1)c1ccccc1)[c]1c(C(C)(C)C)ccc2c1Cc1cc(C(C)(C)C)ccc1-2.CCC1C=C(C(C)(C)C)C=[C]1[Zr](=[C](c1ccccc1)c1ccccc1)[c]1c(C(C)(C)C)ccc2c1Cc1cc(C(C)(C)C)ccc1-2.[Cl-].[Cl-].[Cl-].[Cl-]. The van der Waals surface area contributed by atoms with Gasteiger partial charge in [0, 0.05) is 0 Å². The third kappa shape index (κ3) is 16.2. The van der Waals surface area contributed by atoms with Gasteiger partial charge in [0.15, 0.2) is 0 Å². The van der Waals surface area contributed by atoms with Crippen LogP contribution in [0.5, 0.6) is 0 Å². The van der Waals surface area contributed by atoms with Crippen LogP contribution in [0.2, 0.25) is 0 Å². The molecule has 0 nitrogen and oxygen atoms in total. The molecule has 0 saturated heterocycles. The standard InChI is InChI=1S/2C21H25.2C13H10.C11H17.C10H15.4ClH.2Zr/c2*1-20(2,3)16-7-9-18-14(12-16)11-15-13-17(21(4,5)6)8-10-19(15)18;2*1-3-7-12(8-4-1)11-13-9-5-2-6-10-13;1-5-9-6-7-10(8-9)11(2,3)4;1-8-5-6-9(7-8)10(2,3)4;;;;;;/h2*7-10,12H,11H2,1-6H3;2*1-10H;7-9H,5H2,1-4H3;6-8H,1-4H3;4*1H;;/p-4. The second kappa shape index (κ2) is 30.1. The Balaban J connectivity index is 0.000000258. The minimum atomic E-state index is -2.93. The van der Waals surface area contributed by atoms with E-state index in [4.69, 9.17) is 0 Å². The van der Waals surface area contributed by atoms with Crippen molar-refractivity contribution in [1.82, 2.24) is 0 Å². The molecule has 498 valence electrons. The van der Waals surface area contributed by atoms with Crippen molar-refractivity contribution in [2.75, 3.05) is 0 Å². The molecule has 12 rings (SSSR count). The van der Waals surface area contributed by atoms with Crippen LogP contribution in [-0.4, -0.2) is 6.41 Å². The number of hydrogen-bond donors (Lipinski definition) is 0. The molecule has 0 radical (unpaired) electrons. The third-order valence-corrected chi connectivity index (χ3v) is 36.0. The average Bonchev–Trinajstić information content (AvgIpc) is 1.64. The van der Waals surface area contributed by atoms with E-state index in [1.807, 2.05) is 0 Å². The maximum Gasteiger partial charge on any atom is -1.00 e.